The van der Waals surface area contributed by atoms with Crippen molar-refractivity contribution in [1.29, 1.82) is 0 Å². The highest BCUT2D eigenvalue weighted by Gasteiger charge is 2.28. The number of nitro groups is 1. The predicted molar refractivity (Wildman–Crippen MR) is 75.9 cm³/mol. The topological polar surface area (TPSA) is 127 Å². The third kappa shape index (κ3) is 2.62. The van der Waals surface area contributed by atoms with Crippen molar-refractivity contribution in [3.05, 3.63) is 34.3 Å². The highest BCUT2D eigenvalue weighted by molar-refractivity contribution is 5.57. The number of H-pyrrole nitrogens is 1. The van der Waals surface area contributed by atoms with E-state index in [1.54, 1.807) is 12.3 Å². The van der Waals surface area contributed by atoms with Gasteiger partial charge in [0.1, 0.15) is 5.82 Å². The summed E-state index contributed by atoms with van der Waals surface area (Å²) in [6, 6.07) is 3.04. The molecule has 9 heteroatoms. The lowest BCUT2D eigenvalue weighted by molar-refractivity contribution is -0.384. The molecule has 1 fully saturated rings. The van der Waals surface area contributed by atoms with Crippen molar-refractivity contribution in [2.45, 2.75) is 18.8 Å². The van der Waals surface area contributed by atoms with Crippen LogP contribution in [-0.2, 0) is 0 Å². The smallest absolute Gasteiger partial charge is 0.311 e. The summed E-state index contributed by atoms with van der Waals surface area (Å²) in [4.78, 5) is 21.0. The van der Waals surface area contributed by atoms with Crippen molar-refractivity contribution in [3.8, 4) is 0 Å². The fourth-order valence-corrected chi connectivity index (χ4v) is 2.64. The number of nitrogen functional groups attached to an aromatic ring is 1. The molecule has 1 aliphatic heterocycles. The number of hydrogen-bond donors (Lipinski definition) is 2. The van der Waals surface area contributed by atoms with Gasteiger partial charge in [-0.25, -0.2) is 4.98 Å². The van der Waals surface area contributed by atoms with E-state index < -0.39 is 4.92 Å². The van der Waals surface area contributed by atoms with Gasteiger partial charge < -0.3 is 10.6 Å². The van der Waals surface area contributed by atoms with Gasteiger partial charge in [0.2, 0.25) is 11.8 Å². The molecular weight excluding hydrogens is 274 g/mol. The Morgan fingerprint density at radius 3 is 3.10 bits per heavy atom. The molecule has 0 bridgehead atoms. The van der Waals surface area contributed by atoms with Gasteiger partial charge in [0.15, 0.2) is 0 Å². The molecule has 2 aromatic rings. The minimum atomic E-state index is -0.404. The Kier molecular flexibility index (Phi) is 3.38. The van der Waals surface area contributed by atoms with Crippen molar-refractivity contribution < 1.29 is 4.92 Å². The fraction of sp³-hybridized carbons (Fsp3) is 0.417. The summed E-state index contributed by atoms with van der Waals surface area (Å²) in [6.07, 6.45) is 3.41. The number of aromatic amines is 1. The van der Waals surface area contributed by atoms with Crippen LogP contribution in [0.5, 0.6) is 0 Å². The zero-order valence-electron chi connectivity index (χ0n) is 11.3. The van der Waals surface area contributed by atoms with Gasteiger partial charge in [0, 0.05) is 31.3 Å². The maximum Gasteiger partial charge on any atom is 0.311 e. The van der Waals surface area contributed by atoms with E-state index >= 15 is 0 Å². The number of anilines is 2. The summed E-state index contributed by atoms with van der Waals surface area (Å²) in [5.74, 6) is 1.45. The van der Waals surface area contributed by atoms with Crippen LogP contribution in [-0.4, -0.2) is 38.2 Å². The van der Waals surface area contributed by atoms with Gasteiger partial charge in [0.05, 0.1) is 4.92 Å². The number of piperidine rings is 1. The average Bonchev–Trinajstić information content (AvgIpc) is 2.94. The van der Waals surface area contributed by atoms with E-state index in [1.807, 2.05) is 4.90 Å². The summed E-state index contributed by atoms with van der Waals surface area (Å²) in [5, 5.41) is 17.8. The van der Waals surface area contributed by atoms with Gasteiger partial charge in [-0.05, 0) is 18.9 Å². The minimum absolute atomic E-state index is 0.0234. The third-order valence-corrected chi connectivity index (χ3v) is 3.59. The third-order valence-electron chi connectivity index (χ3n) is 3.59. The summed E-state index contributed by atoms with van der Waals surface area (Å²) >= 11 is 0. The predicted octanol–water partition coefficient (Wildman–Crippen LogP) is 1.07. The van der Waals surface area contributed by atoms with Crippen LogP contribution in [0.25, 0.3) is 0 Å². The van der Waals surface area contributed by atoms with Gasteiger partial charge in [0.25, 0.3) is 0 Å². The highest BCUT2D eigenvalue weighted by Crippen LogP contribution is 2.31. The zero-order chi connectivity index (χ0) is 14.8. The molecule has 0 spiro atoms. The molecule has 3 heterocycles. The van der Waals surface area contributed by atoms with Crippen molar-refractivity contribution in [2.24, 2.45) is 0 Å². The normalized spacial score (nSPS) is 18.7. The first-order valence-electron chi connectivity index (χ1n) is 6.67. The van der Waals surface area contributed by atoms with Crippen molar-refractivity contribution in [1.82, 2.24) is 20.2 Å². The molecular formula is C12H15N7O2. The Labute approximate surface area is 120 Å². The number of pyridine rings is 1. The molecule has 21 heavy (non-hydrogen) atoms. The lowest BCUT2D eigenvalue weighted by Gasteiger charge is -2.32. The first-order chi connectivity index (χ1) is 10.1. The van der Waals surface area contributed by atoms with Crippen LogP contribution in [0.4, 0.5) is 17.5 Å². The summed E-state index contributed by atoms with van der Waals surface area (Å²) in [5.41, 5.74) is 5.55. The molecule has 0 saturated carbocycles. The van der Waals surface area contributed by atoms with E-state index in [9.17, 15) is 10.1 Å². The van der Waals surface area contributed by atoms with Crippen molar-refractivity contribution >= 4 is 17.5 Å². The fourth-order valence-electron chi connectivity index (χ4n) is 2.64. The van der Waals surface area contributed by atoms with Gasteiger partial charge >= 0.3 is 5.69 Å². The second-order valence-corrected chi connectivity index (χ2v) is 4.97. The molecule has 0 aliphatic carbocycles. The molecule has 2 aromatic heterocycles. The maximum absolute atomic E-state index is 11.1. The molecule has 3 rings (SSSR count). The molecule has 1 saturated heterocycles. The molecule has 110 valence electrons. The summed E-state index contributed by atoms with van der Waals surface area (Å²) in [7, 11) is 0. The molecule has 9 nitrogen and oxygen atoms in total. The second kappa shape index (κ2) is 5.35. The van der Waals surface area contributed by atoms with Gasteiger partial charge in [-0.3, -0.25) is 15.2 Å². The number of rotatable bonds is 3. The number of nitrogens with one attached hydrogen (secondary N) is 1. The van der Waals surface area contributed by atoms with Gasteiger partial charge in [-0.2, -0.15) is 4.98 Å². The molecule has 0 radical (unpaired) electrons. The molecule has 3 N–H and O–H groups in total. The Hall–Kier alpha value is -2.71. The van der Waals surface area contributed by atoms with E-state index in [-0.39, 0.29) is 17.6 Å². The maximum atomic E-state index is 11.1. The van der Waals surface area contributed by atoms with Crippen LogP contribution in [0.3, 0.4) is 0 Å². The highest BCUT2D eigenvalue weighted by atomic mass is 16.6. The Balaban J connectivity index is 1.85. The van der Waals surface area contributed by atoms with Crippen LogP contribution in [0, 0.1) is 10.1 Å². The van der Waals surface area contributed by atoms with E-state index in [2.05, 4.69) is 20.2 Å². The van der Waals surface area contributed by atoms with Gasteiger partial charge in [-0.15, -0.1) is 5.10 Å². The second-order valence-electron chi connectivity index (χ2n) is 4.97. The zero-order valence-corrected chi connectivity index (χ0v) is 11.3. The Bertz CT molecular complexity index is 657. The lowest BCUT2D eigenvalue weighted by Crippen LogP contribution is -2.35. The van der Waals surface area contributed by atoms with E-state index in [1.165, 1.54) is 6.07 Å². The number of nitrogens with two attached hydrogens (primary N) is 1. The Morgan fingerprint density at radius 2 is 2.38 bits per heavy atom. The van der Waals surface area contributed by atoms with Crippen LogP contribution >= 0.6 is 0 Å². The molecule has 1 atom stereocenters. The van der Waals surface area contributed by atoms with Crippen LogP contribution in [0.15, 0.2) is 18.3 Å². The number of aromatic nitrogens is 4. The standard InChI is InChI=1S/C12H15N7O2/c13-12-15-10(16-17-12)8-3-2-6-18(7-8)11-9(19(20)21)4-1-5-14-11/h1,4-5,8H,2-3,6-7H2,(H3,13,15,16,17). The van der Waals surface area contributed by atoms with Crippen molar-refractivity contribution in [3.63, 3.8) is 0 Å². The SMILES string of the molecule is Nc1n[nH]c(C2CCCN(c3ncccc3[N+](=O)[O-])C2)n1. The molecule has 0 amide bonds. The van der Waals surface area contributed by atoms with Crippen LogP contribution in [0.2, 0.25) is 0 Å². The largest absolute Gasteiger partial charge is 0.367 e. The monoisotopic (exact) mass is 289 g/mol. The van der Waals surface area contributed by atoms with Gasteiger partial charge in [-0.1, -0.05) is 0 Å². The van der Waals surface area contributed by atoms with Crippen LogP contribution < -0.4 is 10.6 Å². The minimum Gasteiger partial charge on any atom is -0.367 e. The first-order valence-corrected chi connectivity index (χ1v) is 6.67. The average molecular weight is 289 g/mol. The molecule has 1 unspecified atom stereocenters. The first kappa shape index (κ1) is 13.3. The van der Waals surface area contributed by atoms with E-state index in [0.29, 0.717) is 12.4 Å². The lowest BCUT2D eigenvalue weighted by atomic mass is 9.97. The molecule has 1 aliphatic rings. The Morgan fingerprint density at radius 1 is 1.52 bits per heavy atom. The van der Waals surface area contributed by atoms with Crippen molar-refractivity contribution in [2.75, 3.05) is 23.7 Å². The van der Waals surface area contributed by atoms with E-state index in [4.69, 9.17) is 5.73 Å². The summed E-state index contributed by atoms with van der Waals surface area (Å²) in [6.45, 7) is 1.34. The number of hydrogen-bond acceptors (Lipinski definition) is 7. The summed E-state index contributed by atoms with van der Waals surface area (Å²) < 4.78 is 0. The quantitative estimate of drug-likeness (QED) is 0.639. The van der Waals surface area contributed by atoms with Crippen LogP contribution in [0.1, 0.15) is 24.6 Å². The number of nitrogens with zero attached hydrogens (tertiary/aromatic N) is 5. The molecule has 0 aromatic carbocycles. The van der Waals surface area contributed by atoms with E-state index in [0.717, 1.165) is 25.2 Å².